The Morgan fingerprint density at radius 2 is 1.41 bits per heavy atom. The maximum absolute atomic E-state index is 9.04. The highest BCUT2D eigenvalue weighted by atomic mass is 16.5. The van der Waals surface area contributed by atoms with E-state index in [1.165, 1.54) is 11.1 Å². The van der Waals surface area contributed by atoms with E-state index in [1.54, 1.807) is 12.1 Å². The third-order valence-corrected chi connectivity index (χ3v) is 5.10. The van der Waals surface area contributed by atoms with E-state index in [9.17, 15) is 0 Å². The zero-order valence-electron chi connectivity index (χ0n) is 18.2. The second-order valence-corrected chi connectivity index (χ2v) is 7.66. The molecule has 2 heterocycles. The molecule has 2 aliphatic heterocycles. The smallest absolute Gasteiger partial charge is 0.128 e. The van der Waals surface area contributed by atoms with Gasteiger partial charge in [0.2, 0.25) is 0 Å². The number of nitrogens with zero attached hydrogens (tertiary/aromatic N) is 2. The molecule has 32 heavy (non-hydrogen) atoms. The molecule has 3 aromatic carbocycles. The molecule has 0 aromatic heterocycles. The fourth-order valence-corrected chi connectivity index (χ4v) is 3.48. The van der Waals surface area contributed by atoms with Gasteiger partial charge >= 0.3 is 0 Å². The van der Waals surface area contributed by atoms with E-state index in [-0.39, 0.29) is 5.75 Å². The largest absolute Gasteiger partial charge is 0.508 e. The molecule has 0 unspecified atom stereocenters. The van der Waals surface area contributed by atoms with Gasteiger partial charge in [-0.15, -0.1) is 0 Å². The summed E-state index contributed by atoms with van der Waals surface area (Å²) in [5.74, 6) is 3.08. The molecule has 5 rings (SSSR count). The van der Waals surface area contributed by atoms with Crippen LogP contribution in [0.3, 0.4) is 0 Å². The van der Waals surface area contributed by atoms with Gasteiger partial charge in [0.25, 0.3) is 0 Å². The summed E-state index contributed by atoms with van der Waals surface area (Å²) in [6.45, 7) is 6.24. The molecule has 0 aliphatic carbocycles. The highest BCUT2D eigenvalue weighted by Crippen LogP contribution is 2.16. The molecule has 6 nitrogen and oxygen atoms in total. The fourth-order valence-electron chi connectivity index (χ4n) is 3.48. The van der Waals surface area contributed by atoms with Gasteiger partial charge in [-0.2, -0.15) is 0 Å². The van der Waals surface area contributed by atoms with Crippen molar-refractivity contribution >= 4 is 11.7 Å². The molecule has 3 N–H and O–H groups in total. The number of ether oxygens (including phenoxy) is 1. The summed E-state index contributed by atoms with van der Waals surface area (Å²) >= 11 is 0. The average Bonchev–Trinajstić information content (AvgIpc) is 3.54. The Hall–Kier alpha value is -3.80. The lowest BCUT2D eigenvalue weighted by Gasteiger charge is -2.08. The average molecular weight is 429 g/mol. The van der Waals surface area contributed by atoms with Gasteiger partial charge in [-0.1, -0.05) is 29.8 Å². The molecule has 0 amide bonds. The van der Waals surface area contributed by atoms with Crippen LogP contribution in [0.1, 0.15) is 22.3 Å². The SMILES string of the molecule is Cc1cccc(COc2ccc(C3=NCCN3)cc2)c1.Oc1ccc(C2=NCCN2)cc1. The highest BCUT2D eigenvalue weighted by Gasteiger charge is 2.08. The van der Waals surface area contributed by atoms with E-state index < -0.39 is 0 Å². The summed E-state index contributed by atoms with van der Waals surface area (Å²) in [7, 11) is 0. The molecule has 0 fully saturated rings. The topological polar surface area (TPSA) is 78.2 Å². The summed E-state index contributed by atoms with van der Waals surface area (Å²) < 4.78 is 5.80. The first-order chi connectivity index (χ1) is 15.7. The van der Waals surface area contributed by atoms with Crippen LogP contribution in [-0.4, -0.2) is 43.0 Å². The van der Waals surface area contributed by atoms with Crippen molar-refractivity contribution in [1.29, 1.82) is 0 Å². The zero-order valence-corrected chi connectivity index (χ0v) is 18.2. The molecule has 164 valence electrons. The van der Waals surface area contributed by atoms with Crippen LogP contribution in [0.4, 0.5) is 0 Å². The van der Waals surface area contributed by atoms with Crippen molar-refractivity contribution in [3.63, 3.8) is 0 Å². The van der Waals surface area contributed by atoms with Gasteiger partial charge in [-0.25, -0.2) is 0 Å². The van der Waals surface area contributed by atoms with Crippen LogP contribution in [0.15, 0.2) is 82.8 Å². The third kappa shape index (κ3) is 5.88. The monoisotopic (exact) mass is 428 g/mol. The third-order valence-electron chi connectivity index (χ3n) is 5.10. The predicted molar refractivity (Wildman–Crippen MR) is 129 cm³/mol. The van der Waals surface area contributed by atoms with Crippen molar-refractivity contribution in [3.8, 4) is 11.5 Å². The molecule has 0 bridgehead atoms. The minimum atomic E-state index is 0.289. The number of aromatic hydroxyl groups is 1. The van der Waals surface area contributed by atoms with Gasteiger partial charge in [-0.05, 0) is 61.0 Å². The van der Waals surface area contributed by atoms with E-state index in [0.717, 1.165) is 54.7 Å². The molecule has 0 saturated heterocycles. The first-order valence-electron chi connectivity index (χ1n) is 10.8. The molecule has 0 atom stereocenters. The van der Waals surface area contributed by atoms with Crippen LogP contribution >= 0.6 is 0 Å². The lowest BCUT2D eigenvalue weighted by molar-refractivity contribution is 0.306. The lowest BCUT2D eigenvalue weighted by atomic mass is 10.1. The number of nitrogens with one attached hydrogen (secondary N) is 2. The first kappa shape index (κ1) is 21.4. The maximum Gasteiger partial charge on any atom is 0.128 e. The zero-order chi connectivity index (χ0) is 22.2. The van der Waals surface area contributed by atoms with E-state index in [1.807, 2.05) is 36.4 Å². The Balaban J connectivity index is 0.000000174. The number of phenols is 1. The van der Waals surface area contributed by atoms with Crippen molar-refractivity contribution in [3.05, 3.63) is 95.1 Å². The summed E-state index contributed by atoms with van der Waals surface area (Å²) in [5, 5.41) is 15.5. The van der Waals surface area contributed by atoms with Crippen LogP contribution in [0, 0.1) is 6.92 Å². The Kier molecular flexibility index (Phi) is 7.02. The van der Waals surface area contributed by atoms with Crippen LogP contribution in [0.25, 0.3) is 0 Å². The molecule has 0 saturated carbocycles. The molecule has 2 aliphatic rings. The van der Waals surface area contributed by atoms with Crippen molar-refractivity contribution in [2.24, 2.45) is 9.98 Å². The highest BCUT2D eigenvalue weighted by molar-refractivity contribution is 6.00. The number of hydrogen-bond acceptors (Lipinski definition) is 6. The summed E-state index contributed by atoms with van der Waals surface area (Å²) in [4.78, 5) is 8.66. The van der Waals surface area contributed by atoms with E-state index in [2.05, 4.69) is 51.8 Å². The molecular weight excluding hydrogens is 400 g/mol. The Labute approximate surface area is 188 Å². The van der Waals surface area contributed by atoms with Gasteiger partial charge in [-0.3, -0.25) is 9.98 Å². The van der Waals surface area contributed by atoms with E-state index >= 15 is 0 Å². The van der Waals surface area contributed by atoms with Gasteiger partial charge in [0, 0.05) is 24.2 Å². The Bertz CT molecular complexity index is 1090. The van der Waals surface area contributed by atoms with Crippen LogP contribution in [-0.2, 0) is 6.61 Å². The number of aryl methyl sites for hydroxylation is 1. The summed E-state index contributed by atoms with van der Waals surface area (Å²) in [6.07, 6.45) is 0. The van der Waals surface area contributed by atoms with Gasteiger partial charge in [0.15, 0.2) is 0 Å². The fraction of sp³-hybridized carbons (Fsp3) is 0.231. The van der Waals surface area contributed by atoms with Crippen molar-refractivity contribution in [1.82, 2.24) is 10.6 Å². The number of aliphatic imine (C=N–C) groups is 2. The molecule has 0 spiro atoms. The number of rotatable bonds is 5. The molecule has 6 heteroatoms. The van der Waals surface area contributed by atoms with Crippen LogP contribution < -0.4 is 15.4 Å². The number of hydrogen-bond donors (Lipinski definition) is 3. The lowest BCUT2D eigenvalue weighted by Crippen LogP contribution is -2.19. The van der Waals surface area contributed by atoms with Crippen LogP contribution in [0.2, 0.25) is 0 Å². The summed E-state index contributed by atoms with van der Waals surface area (Å²) in [5.41, 5.74) is 4.60. The number of phenolic OH excluding ortho intramolecular Hbond substituents is 1. The Morgan fingerprint density at radius 3 is 1.94 bits per heavy atom. The van der Waals surface area contributed by atoms with Gasteiger partial charge in [0.1, 0.15) is 29.8 Å². The number of amidine groups is 2. The van der Waals surface area contributed by atoms with Crippen molar-refractivity contribution < 1.29 is 9.84 Å². The minimum Gasteiger partial charge on any atom is -0.508 e. The van der Waals surface area contributed by atoms with Crippen molar-refractivity contribution in [2.75, 3.05) is 26.2 Å². The second kappa shape index (κ2) is 10.5. The second-order valence-electron chi connectivity index (χ2n) is 7.66. The minimum absolute atomic E-state index is 0.289. The molecular formula is C26H28N4O2. The number of benzene rings is 3. The quantitative estimate of drug-likeness (QED) is 0.580. The summed E-state index contributed by atoms with van der Waals surface area (Å²) in [6, 6.07) is 23.5. The molecule has 0 radical (unpaired) electrons. The van der Waals surface area contributed by atoms with Crippen molar-refractivity contribution in [2.45, 2.75) is 13.5 Å². The van der Waals surface area contributed by atoms with Gasteiger partial charge < -0.3 is 20.5 Å². The maximum atomic E-state index is 9.04. The molecule has 3 aromatic rings. The first-order valence-corrected chi connectivity index (χ1v) is 10.8. The predicted octanol–water partition coefficient (Wildman–Crippen LogP) is 3.67. The van der Waals surface area contributed by atoms with Crippen LogP contribution in [0.5, 0.6) is 11.5 Å². The normalized spacial score (nSPS) is 14.4. The van der Waals surface area contributed by atoms with E-state index in [4.69, 9.17) is 9.84 Å². The standard InChI is InChI=1S/C17H18N2O.C9H10N2O/c1-13-3-2-4-14(11-13)12-20-16-7-5-15(6-8-16)17-18-9-10-19-17;12-8-3-1-7(2-4-8)9-10-5-6-11-9/h2-8,11H,9-10,12H2,1H3,(H,18,19);1-4,12H,5-6H2,(H,10,11). The van der Waals surface area contributed by atoms with Gasteiger partial charge in [0.05, 0.1) is 13.1 Å². The van der Waals surface area contributed by atoms with E-state index in [0.29, 0.717) is 6.61 Å². The Morgan fingerprint density at radius 1 is 0.812 bits per heavy atom.